The van der Waals surface area contributed by atoms with Gasteiger partial charge in [-0.15, -0.1) is 0 Å². The SMILES string of the molecule is CCC1CCCN1C(=O)CC1CSCCN1. The molecule has 1 N–H and O–H groups in total. The van der Waals surface area contributed by atoms with Crippen molar-refractivity contribution in [1.82, 2.24) is 10.2 Å². The minimum atomic E-state index is 0.365. The molecule has 2 atom stereocenters. The van der Waals surface area contributed by atoms with Crippen LogP contribution in [0.4, 0.5) is 0 Å². The third-order valence-corrected chi connectivity index (χ3v) is 4.72. The molecule has 16 heavy (non-hydrogen) atoms. The molecule has 2 fully saturated rings. The highest BCUT2D eigenvalue weighted by Gasteiger charge is 2.28. The number of hydrogen-bond donors (Lipinski definition) is 1. The van der Waals surface area contributed by atoms with E-state index < -0.39 is 0 Å². The van der Waals surface area contributed by atoms with Crippen molar-refractivity contribution in [3.63, 3.8) is 0 Å². The van der Waals surface area contributed by atoms with Crippen molar-refractivity contribution in [2.24, 2.45) is 0 Å². The van der Waals surface area contributed by atoms with Crippen LogP contribution >= 0.6 is 11.8 Å². The number of nitrogens with one attached hydrogen (secondary N) is 1. The molecule has 4 heteroatoms. The first-order valence-electron chi connectivity index (χ1n) is 6.42. The molecule has 3 nitrogen and oxygen atoms in total. The van der Waals surface area contributed by atoms with Crippen molar-refractivity contribution in [1.29, 1.82) is 0 Å². The van der Waals surface area contributed by atoms with Gasteiger partial charge >= 0.3 is 0 Å². The highest BCUT2D eigenvalue weighted by molar-refractivity contribution is 7.99. The third-order valence-electron chi connectivity index (χ3n) is 3.59. The van der Waals surface area contributed by atoms with Crippen LogP contribution in [0.5, 0.6) is 0 Å². The van der Waals surface area contributed by atoms with E-state index in [0.29, 0.717) is 24.4 Å². The van der Waals surface area contributed by atoms with Crippen LogP contribution in [0, 0.1) is 0 Å². The number of nitrogens with zero attached hydrogens (tertiary/aromatic N) is 1. The van der Waals surface area contributed by atoms with E-state index >= 15 is 0 Å². The zero-order valence-corrected chi connectivity index (χ0v) is 10.9. The molecule has 0 spiro atoms. The Kier molecular flexibility index (Phi) is 4.53. The standard InChI is InChI=1S/C12H22N2OS/c1-2-11-4-3-6-14(11)12(15)8-10-9-16-7-5-13-10/h10-11,13H,2-9H2,1H3. The summed E-state index contributed by atoms with van der Waals surface area (Å²) in [5.41, 5.74) is 0. The van der Waals surface area contributed by atoms with Crippen molar-refractivity contribution in [2.45, 2.75) is 44.7 Å². The van der Waals surface area contributed by atoms with E-state index in [2.05, 4.69) is 17.1 Å². The van der Waals surface area contributed by atoms with Gasteiger partial charge in [-0.25, -0.2) is 0 Å². The number of hydrogen-bond acceptors (Lipinski definition) is 3. The van der Waals surface area contributed by atoms with Crippen LogP contribution in [0.2, 0.25) is 0 Å². The van der Waals surface area contributed by atoms with Gasteiger partial charge in [-0.1, -0.05) is 6.92 Å². The molecule has 0 saturated carbocycles. The van der Waals surface area contributed by atoms with Gasteiger partial charge in [0.25, 0.3) is 0 Å². The average Bonchev–Trinajstić information content (AvgIpc) is 2.78. The predicted molar refractivity (Wildman–Crippen MR) is 68.8 cm³/mol. The molecule has 2 unspecified atom stereocenters. The van der Waals surface area contributed by atoms with Crippen molar-refractivity contribution in [3.8, 4) is 0 Å². The van der Waals surface area contributed by atoms with E-state index in [1.807, 2.05) is 11.8 Å². The first kappa shape index (κ1) is 12.2. The summed E-state index contributed by atoms with van der Waals surface area (Å²) in [6.07, 6.45) is 4.20. The number of carbonyl (C=O) groups excluding carboxylic acids is 1. The molecular weight excluding hydrogens is 220 g/mol. The number of likely N-dealkylation sites (tertiary alicyclic amines) is 1. The molecule has 2 rings (SSSR count). The zero-order valence-electron chi connectivity index (χ0n) is 10.1. The van der Waals surface area contributed by atoms with Crippen molar-refractivity contribution in [3.05, 3.63) is 0 Å². The van der Waals surface area contributed by atoms with Crippen molar-refractivity contribution < 1.29 is 4.79 Å². The lowest BCUT2D eigenvalue weighted by molar-refractivity contribution is -0.132. The summed E-state index contributed by atoms with van der Waals surface area (Å²) >= 11 is 1.96. The molecule has 0 aromatic heterocycles. The van der Waals surface area contributed by atoms with Crippen LogP contribution in [0.15, 0.2) is 0 Å². The van der Waals surface area contributed by atoms with Gasteiger partial charge in [-0.2, -0.15) is 11.8 Å². The molecule has 92 valence electrons. The lowest BCUT2D eigenvalue weighted by Gasteiger charge is -2.28. The quantitative estimate of drug-likeness (QED) is 0.813. The maximum atomic E-state index is 12.2. The van der Waals surface area contributed by atoms with Gasteiger partial charge in [0.1, 0.15) is 0 Å². The molecule has 0 aromatic carbocycles. The Morgan fingerprint density at radius 2 is 2.44 bits per heavy atom. The second-order valence-corrected chi connectivity index (χ2v) is 5.87. The number of amides is 1. The molecule has 2 aliphatic rings. The Hall–Kier alpha value is -0.220. The van der Waals surface area contributed by atoms with Gasteiger partial charge < -0.3 is 10.2 Å². The minimum absolute atomic E-state index is 0.365. The molecule has 2 aliphatic heterocycles. The summed E-state index contributed by atoms with van der Waals surface area (Å²) in [6, 6.07) is 0.924. The molecule has 1 amide bonds. The van der Waals surface area contributed by atoms with Crippen LogP contribution in [0.25, 0.3) is 0 Å². The van der Waals surface area contributed by atoms with Gasteiger partial charge in [0.15, 0.2) is 0 Å². The van der Waals surface area contributed by atoms with Gasteiger partial charge in [-0.05, 0) is 19.3 Å². The molecule has 0 aliphatic carbocycles. The Bertz CT molecular complexity index is 241. The van der Waals surface area contributed by atoms with Gasteiger partial charge in [0, 0.05) is 43.1 Å². The van der Waals surface area contributed by atoms with E-state index in [1.54, 1.807) is 0 Å². The summed E-state index contributed by atoms with van der Waals surface area (Å²) in [7, 11) is 0. The second-order valence-electron chi connectivity index (χ2n) is 4.72. The van der Waals surface area contributed by atoms with Crippen molar-refractivity contribution >= 4 is 17.7 Å². The highest BCUT2D eigenvalue weighted by atomic mass is 32.2. The predicted octanol–water partition coefficient (Wildman–Crippen LogP) is 1.48. The topological polar surface area (TPSA) is 32.3 Å². The van der Waals surface area contributed by atoms with Crippen LogP contribution in [-0.4, -0.2) is 47.5 Å². The fourth-order valence-corrected chi connectivity index (χ4v) is 3.62. The lowest BCUT2D eigenvalue weighted by Crippen LogP contribution is -2.43. The largest absolute Gasteiger partial charge is 0.340 e. The molecule has 0 bridgehead atoms. The molecular formula is C12H22N2OS. The first-order chi connectivity index (χ1) is 7.81. The van der Waals surface area contributed by atoms with E-state index in [4.69, 9.17) is 0 Å². The molecule has 2 saturated heterocycles. The second kappa shape index (κ2) is 5.92. The van der Waals surface area contributed by atoms with Crippen molar-refractivity contribution in [2.75, 3.05) is 24.6 Å². The first-order valence-corrected chi connectivity index (χ1v) is 7.57. The Labute approximate surface area is 102 Å². The third kappa shape index (κ3) is 2.92. The summed E-state index contributed by atoms with van der Waals surface area (Å²) in [5, 5.41) is 3.44. The Morgan fingerprint density at radius 3 is 3.12 bits per heavy atom. The Balaban J connectivity index is 1.82. The number of thioether (sulfide) groups is 1. The van der Waals surface area contributed by atoms with Gasteiger partial charge in [-0.3, -0.25) is 4.79 Å². The highest BCUT2D eigenvalue weighted by Crippen LogP contribution is 2.21. The maximum Gasteiger partial charge on any atom is 0.224 e. The summed E-state index contributed by atoms with van der Waals surface area (Å²) in [4.78, 5) is 14.3. The van der Waals surface area contributed by atoms with Gasteiger partial charge in [0.2, 0.25) is 5.91 Å². The van der Waals surface area contributed by atoms with Crippen LogP contribution in [-0.2, 0) is 4.79 Å². The summed E-state index contributed by atoms with van der Waals surface area (Å²) in [5.74, 6) is 2.65. The maximum absolute atomic E-state index is 12.2. The molecule has 0 aromatic rings. The number of carbonyl (C=O) groups is 1. The smallest absolute Gasteiger partial charge is 0.224 e. The fraction of sp³-hybridized carbons (Fsp3) is 0.917. The minimum Gasteiger partial charge on any atom is -0.340 e. The van der Waals surface area contributed by atoms with E-state index in [-0.39, 0.29) is 0 Å². The molecule has 2 heterocycles. The van der Waals surface area contributed by atoms with E-state index in [1.165, 1.54) is 18.6 Å². The van der Waals surface area contributed by atoms with E-state index in [0.717, 1.165) is 25.3 Å². The normalized spacial score (nSPS) is 30.7. The average molecular weight is 242 g/mol. The summed E-state index contributed by atoms with van der Waals surface area (Å²) in [6.45, 7) is 4.22. The zero-order chi connectivity index (χ0) is 11.4. The fourth-order valence-electron chi connectivity index (χ4n) is 2.67. The Morgan fingerprint density at radius 1 is 1.56 bits per heavy atom. The number of rotatable bonds is 3. The van der Waals surface area contributed by atoms with E-state index in [9.17, 15) is 4.79 Å². The van der Waals surface area contributed by atoms with Gasteiger partial charge in [0.05, 0.1) is 0 Å². The summed E-state index contributed by atoms with van der Waals surface area (Å²) < 4.78 is 0. The lowest BCUT2D eigenvalue weighted by atomic mass is 10.1. The molecule has 0 radical (unpaired) electrons. The van der Waals surface area contributed by atoms with Crippen LogP contribution in [0.3, 0.4) is 0 Å². The van der Waals surface area contributed by atoms with Crippen LogP contribution in [0.1, 0.15) is 32.6 Å². The monoisotopic (exact) mass is 242 g/mol. The van der Waals surface area contributed by atoms with Crippen LogP contribution < -0.4 is 5.32 Å².